The van der Waals surface area contributed by atoms with Gasteiger partial charge in [0.1, 0.15) is 5.75 Å². The first-order valence-electron chi connectivity index (χ1n) is 8.82. The van der Waals surface area contributed by atoms with Crippen molar-refractivity contribution >= 4 is 28.9 Å². The Bertz CT molecular complexity index is 1030. The fourth-order valence-electron chi connectivity index (χ4n) is 3.73. The molecular weight excluding hydrogens is 379 g/mol. The van der Waals surface area contributed by atoms with Crippen LogP contribution in [0.4, 0.5) is 0 Å². The molecule has 0 bridgehead atoms. The lowest BCUT2D eigenvalue weighted by Crippen LogP contribution is -2.33. The zero-order chi connectivity index (χ0) is 18.4. The van der Waals surface area contributed by atoms with Crippen LogP contribution in [-0.2, 0) is 0 Å². The van der Waals surface area contributed by atoms with Gasteiger partial charge in [-0.2, -0.15) is 5.10 Å². The van der Waals surface area contributed by atoms with E-state index in [4.69, 9.17) is 33.0 Å². The fourth-order valence-corrected chi connectivity index (χ4v) is 4.09. The van der Waals surface area contributed by atoms with Gasteiger partial charge in [-0.1, -0.05) is 71.7 Å². The minimum atomic E-state index is -0.358. The van der Waals surface area contributed by atoms with E-state index in [1.165, 1.54) is 0 Å². The SMILES string of the molecule is Clc1ccc(C2=NN3[C@@H](C2)c2ccccc2O[C@H]3c2ccccc2Cl)cc1. The molecule has 0 aliphatic carbocycles. The van der Waals surface area contributed by atoms with Crippen LogP contribution in [0.2, 0.25) is 10.0 Å². The number of nitrogens with zero attached hydrogens (tertiary/aromatic N) is 2. The predicted molar refractivity (Wildman–Crippen MR) is 108 cm³/mol. The van der Waals surface area contributed by atoms with Crippen molar-refractivity contribution in [2.24, 2.45) is 5.10 Å². The molecule has 2 atom stereocenters. The van der Waals surface area contributed by atoms with Crippen LogP contribution in [0.5, 0.6) is 5.75 Å². The molecule has 3 nitrogen and oxygen atoms in total. The van der Waals surface area contributed by atoms with E-state index in [2.05, 4.69) is 6.07 Å². The fraction of sp³-hybridized carbons (Fsp3) is 0.136. The smallest absolute Gasteiger partial charge is 0.215 e. The summed E-state index contributed by atoms with van der Waals surface area (Å²) in [5.41, 5.74) is 4.16. The Morgan fingerprint density at radius 1 is 0.852 bits per heavy atom. The molecular formula is C22H16Cl2N2O. The quantitative estimate of drug-likeness (QED) is 0.513. The normalized spacial score (nSPS) is 20.5. The Kier molecular flexibility index (Phi) is 4.07. The number of benzene rings is 3. The van der Waals surface area contributed by atoms with Crippen LogP contribution in [0.15, 0.2) is 77.9 Å². The predicted octanol–water partition coefficient (Wildman–Crippen LogP) is 6.24. The second kappa shape index (κ2) is 6.59. The molecule has 0 saturated carbocycles. The summed E-state index contributed by atoms with van der Waals surface area (Å²) in [7, 11) is 0. The number of rotatable bonds is 2. The highest BCUT2D eigenvalue weighted by molar-refractivity contribution is 6.31. The summed E-state index contributed by atoms with van der Waals surface area (Å²) < 4.78 is 6.33. The maximum Gasteiger partial charge on any atom is 0.215 e. The summed E-state index contributed by atoms with van der Waals surface area (Å²) in [6.07, 6.45) is 0.451. The monoisotopic (exact) mass is 394 g/mol. The molecule has 3 aromatic carbocycles. The van der Waals surface area contributed by atoms with E-state index in [-0.39, 0.29) is 12.3 Å². The van der Waals surface area contributed by atoms with Crippen molar-refractivity contribution in [1.29, 1.82) is 0 Å². The third-order valence-corrected chi connectivity index (χ3v) is 5.64. The van der Waals surface area contributed by atoms with Crippen molar-refractivity contribution in [3.8, 4) is 5.75 Å². The van der Waals surface area contributed by atoms with Gasteiger partial charge in [0, 0.05) is 27.6 Å². The Hall–Kier alpha value is -2.49. The summed E-state index contributed by atoms with van der Waals surface area (Å²) in [5.74, 6) is 0.885. The van der Waals surface area contributed by atoms with Crippen molar-refractivity contribution in [3.05, 3.63) is 99.5 Å². The summed E-state index contributed by atoms with van der Waals surface area (Å²) >= 11 is 12.5. The highest BCUT2D eigenvalue weighted by Gasteiger charge is 2.41. The molecule has 0 amide bonds. The molecule has 0 radical (unpaired) electrons. The molecule has 0 aromatic heterocycles. The molecule has 27 heavy (non-hydrogen) atoms. The maximum atomic E-state index is 6.48. The number of hydrogen-bond acceptors (Lipinski definition) is 3. The minimum Gasteiger partial charge on any atom is -0.464 e. The first-order valence-corrected chi connectivity index (χ1v) is 9.58. The zero-order valence-corrected chi connectivity index (χ0v) is 15.9. The average Bonchev–Trinajstić information content (AvgIpc) is 3.14. The van der Waals surface area contributed by atoms with E-state index < -0.39 is 0 Å². The van der Waals surface area contributed by atoms with Gasteiger partial charge in [0.15, 0.2) is 0 Å². The molecule has 0 saturated heterocycles. The lowest BCUT2D eigenvalue weighted by atomic mass is 9.96. The molecule has 2 aliphatic rings. The second-order valence-corrected chi connectivity index (χ2v) is 7.53. The Morgan fingerprint density at radius 3 is 2.33 bits per heavy atom. The number of hydrazone groups is 1. The molecule has 5 heteroatoms. The molecule has 0 spiro atoms. The van der Waals surface area contributed by atoms with Crippen LogP contribution in [-0.4, -0.2) is 10.7 Å². The average molecular weight is 395 g/mol. The Balaban J connectivity index is 1.61. The summed E-state index contributed by atoms with van der Waals surface area (Å²) in [6.45, 7) is 0. The number of hydrogen-bond donors (Lipinski definition) is 0. The van der Waals surface area contributed by atoms with Crippen LogP contribution >= 0.6 is 23.2 Å². The number of ether oxygens (including phenoxy) is 1. The van der Waals surface area contributed by atoms with Crippen LogP contribution in [0, 0.1) is 0 Å². The van der Waals surface area contributed by atoms with Crippen LogP contribution in [0.3, 0.4) is 0 Å². The molecule has 2 heterocycles. The maximum absolute atomic E-state index is 6.48. The molecule has 3 aromatic rings. The van der Waals surface area contributed by atoms with Gasteiger partial charge in [-0.15, -0.1) is 0 Å². The van der Waals surface area contributed by atoms with Crippen molar-refractivity contribution in [2.75, 3.05) is 0 Å². The Labute approximate surface area is 167 Å². The summed E-state index contributed by atoms with van der Waals surface area (Å²) in [6, 6.07) is 23.8. The van der Waals surface area contributed by atoms with Gasteiger partial charge in [0.25, 0.3) is 0 Å². The van der Waals surface area contributed by atoms with E-state index in [1.54, 1.807) is 0 Å². The zero-order valence-electron chi connectivity index (χ0n) is 14.3. The van der Waals surface area contributed by atoms with E-state index in [0.29, 0.717) is 5.02 Å². The minimum absolute atomic E-state index is 0.113. The molecule has 0 fully saturated rings. The van der Waals surface area contributed by atoms with Gasteiger partial charge in [-0.3, -0.25) is 0 Å². The van der Waals surface area contributed by atoms with Gasteiger partial charge in [-0.05, 0) is 29.8 Å². The van der Waals surface area contributed by atoms with Crippen molar-refractivity contribution in [1.82, 2.24) is 5.01 Å². The number of fused-ring (bicyclic) bond motifs is 3. The van der Waals surface area contributed by atoms with E-state index in [1.807, 2.05) is 71.7 Å². The van der Waals surface area contributed by atoms with Gasteiger partial charge in [-0.25, -0.2) is 5.01 Å². The van der Waals surface area contributed by atoms with Crippen molar-refractivity contribution < 1.29 is 4.74 Å². The van der Waals surface area contributed by atoms with Crippen LogP contribution in [0.1, 0.15) is 35.4 Å². The Morgan fingerprint density at radius 2 is 1.56 bits per heavy atom. The van der Waals surface area contributed by atoms with Gasteiger partial charge < -0.3 is 4.74 Å². The molecule has 0 unspecified atom stereocenters. The lowest BCUT2D eigenvalue weighted by Gasteiger charge is -2.38. The summed E-state index contributed by atoms with van der Waals surface area (Å²) in [5, 5.41) is 8.36. The number of halogens is 2. The first kappa shape index (κ1) is 16.7. The molecule has 2 aliphatic heterocycles. The van der Waals surface area contributed by atoms with Crippen molar-refractivity contribution in [3.63, 3.8) is 0 Å². The summed E-state index contributed by atoms with van der Waals surface area (Å²) in [4.78, 5) is 0. The van der Waals surface area contributed by atoms with Crippen LogP contribution in [0.25, 0.3) is 0 Å². The first-order chi connectivity index (χ1) is 13.2. The number of para-hydroxylation sites is 1. The van der Waals surface area contributed by atoms with E-state index in [0.717, 1.165) is 39.6 Å². The van der Waals surface area contributed by atoms with Crippen LogP contribution < -0.4 is 4.74 Å². The van der Waals surface area contributed by atoms with Gasteiger partial charge >= 0.3 is 0 Å². The van der Waals surface area contributed by atoms with Gasteiger partial charge in [0.05, 0.1) is 11.8 Å². The second-order valence-electron chi connectivity index (χ2n) is 6.68. The van der Waals surface area contributed by atoms with Crippen molar-refractivity contribution in [2.45, 2.75) is 18.7 Å². The van der Waals surface area contributed by atoms with E-state index >= 15 is 0 Å². The molecule has 0 N–H and O–H groups in total. The highest BCUT2D eigenvalue weighted by Crippen LogP contribution is 2.48. The van der Waals surface area contributed by atoms with Gasteiger partial charge in [0.2, 0.25) is 6.23 Å². The molecule has 5 rings (SSSR count). The third-order valence-electron chi connectivity index (χ3n) is 5.05. The lowest BCUT2D eigenvalue weighted by molar-refractivity contribution is -0.0189. The standard InChI is InChI=1S/C22H16Cl2N2O/c23-15-11-9-14(10-12-15)19-13-20-17-6-2-4-8-21(17)27-22(26(20)25-19)16-5-1-3-7-18(16)24/h1-12,20,22H,13H2/t20-,22-/m0/s1. The largest absolute Gasteiger partial charge is 0.464 e. The third kappa shape index (κ3) is 2.88. The highest BCUT2D eigenvalue weighted by atomic mass is 35.5. The van der Waals surface area contributed by atoms with E-state index in [9.17, 15) is 0 Å². The molecule has 134 valence electrons. The topological polar surface area (TPSA) is 24.8 Å².